The van der Waals surface area contributed by atoms with Crippen LogP contribution in [0.4, 0.5) is 5.82 Å². The molecule has 0 atom stereocenters. The molecule has 0 aliphatic heterocycles. The molecule has 0 saturated carbocycles. The fourth-order valence-electron chi connectivity index (χ4n) is 2.81. The summed E-state index contributed by atoms with van der Waals surface area (Å²) in [5.41, 5.74) is 2.47. The minimum Gasteiger partial charge on any atom is -0.493 e. The molecule has 0 bridgehead atoms. The number of amides is 1. The van der Waals surface area contributed by atoms with Crippen molar-refractivity contribution in [2.24, 2.45) is 0 Å². The Labute approximate surface area is 175 Å². The SMILES string of the molecule is COc1ccc(-c2csc(-n3nc(C)cc3NC(=O)c3cccs3)n2)cc1OC. The van der Waals surface area contributed by atoms with E-state index in [4.69, 9.17) is 14.5 Å². The third-order valence-electron chi connectivity index (χ3n) is 4.17. The highest BCUT2D eigenvalue weighted by molar-refractivity contribution is 7.12. The number of rotatable bonds is 6. The molecule has 1 aromatic carbocycles. The van der Waals surface area contributed by atoms with E-state index in [1.165, 1.54) is 22.7 Å². The molecule has 0 aliphatic rings. The first kappa shape index (κ1) is 19.2. The Morgan fingerprint density at radius 2 is 1.93 bits per heavy atom. The summed E-state index contributed by atoms with van der Waals surface area (Å²) < 4.78 is 12.3. The van der Waals surface area contributed by atoms with Crippen LogP contribution in [0.15, 0.2) is 47.2 Å². The van der Waals surface area contributed by atoms with Crippen LogP contribution < -0.4 is 14.8 Å². The van der Waals surface area contributed by atoms with Gasteiger partial charge < -0.3 is 14.8 Å². The number of aromatic nitrogens is 3. The predicted octanol–water partition coefficient (Wildman–Crippen LogP) is 4.64. The quantitative estimate of drug-likeness (QED) is 0.486. The van der Waals surface area contributed by atoms with E-state index >= 15 is 0 Å². The molecule has 0 saturated heterocycles. The molecule has 0 fully saturated rings. The number of carbonyl (C=O) groups excluding carboxylic acids is 1. The summed E-state index contributed by atoms with van der Waals surface area (Å²) in [5.74, 6) is 1.71. The van der Waals surface area contributed by atoms with Gasteiger partial charge in [0.2, 0.25) is 5.13 Å². The van der Waals surface area contributed by atoms with E-state index in [0.29, 0.717) is 27.3 Å². The van der Waals surface area contributed by atoms with Crippen molar-refractivity contribution in [1.82, 2.24) is 14.8 Å². The molecule has 29 heavy (non-hydrogen) atoms. The van der Waals surface area contributed by atoms with Crippen LogP contribution in [0, 0.1) is 6.92 Å². The van der Waals surface area contributed by atoms with Crippen molar-refractivity contribution in [1.29, 1.82) is 0 Å². The lowest BCUT2D eigenvalue weighted by Gasteiger charge is -2.08. The normalized spacial score (nSPS) is 10.7. The molecule has 4 rings (SSSR count). The number of anilines is 1. The van der Waals surface area contributed by atoms with Gasteiger partial charge in [-0.3, -0.25) is 4.79 Å². The highest BCUT2D eigenvalue weighted by Gasteiger charge is 2.16. The summed E-state index contributed by atoms with van der Waals surface area (Å²) in [6.07, 6.45) is 0. The van der Waals surface area contributed by atoms with E-state index in [1.54, 1.807) is 25.0 Å². The predicted molar refractivity (Wildman–Crippen MR) is 115 cm³/mol. The van der Waals surface area contributed by atoms with Gasteiger partial charge in [0.1, 0.15) is 5.82 Å². The fourth-order valence-corrected chi connectivity index (χ4v) is 4.22. The molecule has 0 unspecified atom stereocenters. The largest absolute Gasteiger partial charge is 0.493 e. The van der Waals surface area contributed by atoms with Gasteiger partial charge in [-0.15, -0.1) is 22.7 Å². The highest BCUT2D eigenvalue weighted by atomic mass is 32.1. The number of nitrogens with one attached hydrogen (secondary N) is 1. The van der Waals surface area contributed by atoms with Gasteiger partial charge in [0.15, 0.2) is 11.5 Å². The standard InChI is InChI=1S/C20H18N4O3S2/c1-12-9-18(22-19(25)17-5-4-8-28-17)24(23-12)20-21-14(11-29-20)13-6-7-15(26-2)16(10-13)27-3/h4-11H,1-3H3,(H,22,25). The number of hydrogen-bond donors (Lipinski definition) is 1. The Morgan fingerprint density at radius 3 is 2.66 bits per heavy atom. The maximum atomic E-state index is 12.4. The summed E-state index contributed by atoms with van der Waals surface area (Å²) in [6.45, 7) is 1.88. The van der Waals surface area contributed by atoms with Crippen molar-refractivity contribution < 1.29 is 14.3 Å². The van der Waals surface area contributed by atoms with Crippen LogP contribution in [0.25, 0.3) is 16.4 Å². The van der Waals surface area contributed by atoms with Crippen LogP contribution in [0.3, 0.4) is 0 Å². The van der Waals surface area contributed by atoms with E-state index in [9.17, 15) is 4.79 Å². The van der Waals surface area contributed by atoms with Crippen molar-refractivity contribution in [2.45, 2.75) is 6.92 Å². The number of aryl methyl sites for hydroxylation is 1. The number of carbonyl (C=O) groups is 1. The zero-order chi connectivity index (χ0) is 20.4. The lowest BCUT2D eigenvalue weighted by Crippen LogP contribution is -2.13. The smallest absolute Gasteiger partial charge is 0.266 e. The van der Waals surface area contributed by atoms with Crippen LogP contribution in [-0.4, -0.2) is 34.9 Å². The molecule has 0 spiro atoms. The Kier molecular flexibility index (Phi) is 5.32. The summed E-state index contributed by atoms with van der Waals surface area (Å²) in [7, 11) is 3.20. The van der Waals surface area contributed by atoms with Gasteiger partial charge in [0.25, 0.3) is 5.91 Å². The molecular formula is C20H18N4O3S2. The maximum Gasteiger partial charge on any atom is 0.266 e. The van der Waals surface area contributed by atoms with Crippen LogP contribution in [0.2, 0.25) is 0 Å². The van der Waals surface area contributed by atoms with E-state index < -0.39 is 0 Å². The van der Waals surface area contributed by atoms with Crippen LogP contribution in [0.1, 0.15) is 15.4 Å². The molecule has 1 N–H and O–H groups in total. The van der Waals surface area contributed by atoms with Gasteiger partial charge in [0.05, 0.1) is 30.5 Å². The average molecular weight is 427 g/mol. The minimum absolute atomic E-state index is 0.169. The molecule has 3 heterocycles. The first-order chi connectivity index (χ1) is 14.1. The van der Waals surface area contributed by atoms with Gasteiger partial charge in [-0.1, -0.05) is 6.07 Å². The van der Waals surface area contributed by atoms with Gasteiger partial charge in [-0.25, -0.2) is 4.98 Å². The lowest BCUT2D eigenvalue weighted by molar-refractivity contribution is 0.103. The third kappa shape index (κ3) is 3.87. The number of thiazole rings is 1. The molecule has 148 valence electrons. The molecule has 9 heteroatoms. The summed E-state index contributed by atoms with van der Waals surface area (Å²) in [4.78, 5) is 17.8. The van der Waals surface area contributed by atoms with Crippen molar-refractivity contribution in [2.75, 3.05) is 19.5 Å². The summed E-state index contributed by atoms with van der Waals surface area (Å²) in [5, 5.41) is 11.9. The van der Waals surface area contributed by atoms with Crippen molar-refractivity contribution in [3.8, 4) is 27.9 Å². The van der Waals surface area contributed by atoms with Gasteiger partial charge in [-0.05, 0) is 36.6 Å². The van der Waals surface area contributed by atoms with Gasteiger partial charge >= 0.3 is 0 Å². The van der Waals surface area contributed by atoms with Crippen LogP contribution in [0.5, 0.6) is 11.5 Å². The molecule has 1 amide bonds. The second kappa shape index (κ2) is 8.06. The van der Waals surface area contributed by atoms with Crippen molar-refractivity contribution in [3.63, 3.8) is 0 Å². The Bertz CT molecular complexity index is 1150. The first-order valence-corrected chi connectivity index (χ1v) is 10.4. The van der Waals surface area contributed by atoms with Crippen LogP contribution >= 0.6 is 22.7 Å². The van der Waals surface area contributed by atoms with Crippen LogP contribution in [-0.2, 0) is 0 Å². The molecule has 0 aliphatic carbocycles. The topological polar surface area (TPSA) is 78.3 Å². The number of hydrogen-bond acceptors (Lipinski definition) is 7. The van der Waals surface area contributed by atoms with Gasteiger partial charge in [0, 0.05) is 17.0 Å². The lowest BCUT2D eigenvalue weighted by atomic mass is 10.1. The van der Waals surface area contributed by atoms with E-state index in [2.05, 4.69) is 10.4 Å². The molecule has 3 aromatic heterocycles. The fraction of sp³-hybridized carbons (Fsp3) is 0.150. The first-order valence-electron chi connectivity index (χ1n) is 8.69. The average Bonchev–Trinajstić information content (AvgIpc) is 3.48. The number of ether oxygens (including phenoxy) is 2. The number of thiophene rings is 1. The third-order valence-corrected chi connectivity index (χ3v) is 5.86. The zero-order valence-electron chi connectivity index (χ0n) is 16.0. The van der Waals surface area contributed by atoms with E-state index in [1.807, 2.05) is 48.0 Å². The molecule has 4 aromatic rings. The second-order valence-corrected chi connectivity index (χ2v) is 7.88. The molecular weight excluding hydrogens is 408 g/mol. The summed E-state index contributed by atoms with van der Waals surface area (Å²) in [6, 6.07) is 11.1. The second-order valence-electron chi connectivity index (χ2n) is 6.10. The zero-order valence-corrected chi connectivity index (χ0v) is 17.6. The van der Waals surface area contributed by atoms with Crippen molar-refractivity contribution >= 4 is 34.4 Å². The highest BCUT2D eigenvalue weighted by Crippen LogP contribution is 2.33. The van der Waals surface area contributed by atoms with E-state index in [0.717, 1.165) is 17.0 Å². The van der Waals surface area contributed by atoms with Crippen molar-refractivity contribution in [3.05, 3.63) is 57.7 Å². The van der Waals surface area contributed by atoms with E-state index in [-0.39, 0.29) is 5.91 Å². The number of methoxy groups -OCH3 is 2. The maximum absolute atomic E-state index is 12.4. The number of benzene rings is 1. The number of nitrogens with zero attached hydrogens (tertiary/aromatic N) is 3. The Morgan fingerprint density at radius 1 is 1.10 bits per heavy atom. The van der Waals surface area contributed by atoms with Gasteiger partial charge in [-0.2, -0.15) is 9.78 Å². The Hall–Kier alpha value is -3.17. The monoisotopic (exact) mass is 426 g/mol. The summed E-state index contributed by atoms with van der Waals surface area (Å²) >= 11 is 2.83. The molecule has 7 nitrogen and oxygen atoms in total. The Balaban J connectivity index is 1.64. The molecule has 0 radical (unpaired) electrons. The minimum atomic E-state index is -0.169.